The van der Waals surface area contributed by atoms with Gasteiger partial charge in [-0.05, 0) is 19.8 Å². The van der Waals surface area contributed by atoms with Crippen LogP contribution in [0.5, 0.6) is 0 Å². The van der Waals surface area contributed by atoms with Crippen LogP contribution in [0, 0.1) is 0 Å². The van der Waals surface area contributed by atoms with Gasteiger partial charge >= 0.3 is 0 Å². The highest BCUT2D eigenvalue weighted by atomic mass is 16.1. The van der Waals surface area contributed by atoms with Gasteiger partial charge in [0.25, 0.3) is 0 Å². The van der Waals surface area contributed by atoms with Crippen LogP contribution in [0.3, 0.4) is 0 Å². The van der Waals surface area contributed by atoms with E-state index in [1.54, 1.807) is 0 Å². The average Bonchev–Trinajstić information content (AvgIpc) is 2.04. The maximum atomic E-state index is 10.8. The highest BCUT2D eigenvalue weighted by Crippen LogP contribution is 2.20. The maximum Gasteiger partial charge on any atom is 0.133 e. The zero-order valence-electron chi connectivity index (χ0n) is 6.97. The molecule has 1 aliphatic rings. The summed E-state index contributed by atoms with van der Waals surface area (Å²) in [7, 11) is 0. The molecule has 0 aromatic carbocycles. The molecule has 1 heteroatoms. The second-order valence-electron chi connectivity index (χ2n) is 2.89. The summed E-state index contributed by atoms with van der Waals surface area (Å²) >= 11 is 0. The molecule has 1 aliphatic carbocycles. The summed E-state index contributed by atoms with van der Waals surface area (Å²) in [4.78, 5) is 10.8. The lowest BCUT2D eigenvalue weighted by Crippen LogP contribution is -2.05. The van der Waals surface area contributed by atoms with Crippen LogP contribution in [0.2, 0.25) is 0 Å². The van der Waals surface area contributed by atoms with Gasteiger partial charge in [-0.1, -0.05) is 23.8 Å². The molecule has 0 atom stereocenters. The van der Waals surface area contributed by atoms with Gasteiger partial charge in [-0.25, -0.2) is 0 Å². The van der Waals surface area contributed by atoms with Gasteiger partial charge in [0.1, 0.15) is 5.78 Å². The second kappa shape index (κ2) is 4.12. The maximum absolute atomic E-state index is 10.8. The Bertz CT molecular complexity index is 187. The van der Waals surface area contributed by atoms with E-state index in [0.717, 1.165) is 25.7 Å². The molecule has 1 fully saturated rings. The Labute approximate surface area is 67.8 Å². The van der Waals surface area contributed by atoms with E-state index in [9.17, 15) is 4.79 Å². The third-order valence-electron chi connectivity index (χ3n) is 1.97. The smallest absolute Gasteiger partial charge is 0.133 e. The van der Waals surface area contributed by atoms with Crippen molar-refractivity contribution < 1.29 is 4.79 Å². The normalized spacial score (nSPS) is 19.4. The van der Waals surface area contributed by atoms with Gasteiger partial charge < -0.3 is 0 Å². The van der Waals surface area contributed by atoms with E-state index in [2.05, 4.69) is 6.08 Å². The van der Waals surface area contributed by atoms with Crippen LogP contribution in [0.1, 0.15) is 32.6 Å². The molecule has 11 heavy (non-hydrogen) atoms. The molecule has 0 heterocycles. The van der Waals surface area contributed by atoms with Crippen molar-refractivity contribution in [2.75, 3.05) is 0 Å². The Hall–Kier alpha value is -0.850. The van der Waals surface area contributed by atoms with Crippen molar-refractivity contribution in [3.05, 3.63) is 23.8 Å². The number of ketones is 1. The van der Waals surface area contributed by atoms with Crippen LogP contribution in [0.25, 0.3) is 0 Å². The van der Waals surface area contributed by atoms with E-state index in [-0.39, 0.29) is 0 Å². The van der Waals surface area contributed by atoms with Crippen LogP contribution in [0.15, 0.2) is 23.8 Å². The predicted octanol–water partition coefficient (Wildman–Crippen LogP) is 2.63. The molecule has 1 nitrogen and oxygen atoms in total. The summed E-state index contributed by atoms with van der Waals surface area (Å²) in [5.41, 5.74) is 1.42. The number of rotatable bonds is 1. The third kappa shape index (κ3) is 2.71. The van der Waals surface area contributed by atoms with Gasteiger partial charge in [0, 0.05) is 12.8 Å². The van der Waals surface area contributed by atoms with Crippen molar-refractivity contribution in [2.24, 2.45) is 0 Å². The van der Waals surface area contributed by atoms with Crippen molar-refractivity contribution in [3.8, 4) is 0 Å². The number of allylic oxidation sites excluding steroid dienone is 4. The minimum Gasteiger partial charge on any atom is -0.300 e. The number of carbonyl (C=O) groups is 1. The van der Waals surface area contributed by atoms with E-state index in [1.807, 2.05) is 19.1 Å². The molecule has 0 unspecified atom stereocenters. The molecule has 0 saturated heterocycles. The molecule has 0 bridgehead atoms. The molecule has 0 N–H and O–H groups in total. The standard InChI is InChI=1S/C10H14O/c1-2-3-4-9-5-7-10(11)8-6-9/h2-4H,5-8H2,1H3/b3-2+. The Kier molecular flexibility index (Phi) is 3.09. The summed E-state index contributed by atoms with van der Waals surface area (Å²) in [5.74, 6) is 0.419. The molecule has 0 aromatic heterocycles. The molecule has 60 valence electrons. The van der Waals surface area contributed by atoms with Gasteiger partial charge in [0.2, 0.25) is 0 Å². The molecule has 0 spiro atoms. The summed E-state index contributed by atoms with van der Waals surface area (Å²) in [6, 6.07) is 0. The lowest BCUT2D eigenvalue weighted by atomic mass is 9.94. The highest BCUT2D eigenvalue weighted by molar-refractivity contribution is 5.80. The minimum absolute atomic E-state index is 0.419. The zero-order valence-corrected chi connectivity index (χ0v) is 6.97. The number of hydrogen-bond donors (Lipinski definition) is 0. The number of Topliss-reactive ketones (excluding diaryl/α,β-unsaturated/α-hetero) is 1. The monoisotopic (exact) mass is 150 g/mol. The minimum atomic E-state index is 0.419. The summed E-state index contributed by atoms with van der Waals surface area (Å²) in [6.45, 7) is 2.00. The van der Waals surface area contributed by atoms with Crippen molar-refractivity contribution in [3.63, 3.8) is 0 Å². The van der Waals surface area contributed by atoms with Crippen LogP contribution in [0.4, 0.5) is 0 Å². The molecule has 0 aliphatic heterocycles. The molecule has 1 saturated carbocycles. The van der Waals surface area contributed by atoms with Crippen molar-refractivity contribution in [1.29, 1.82) is 0 Å². The Morgan fingerprint density at radius 2 is 1.82 bits per heavy atom. The third-order valence-corrected chi connectivity index (χ3v) is 1.97. The van der Waals surface area contributed by atoms with E-state index in [0.29, 0.717) is 5.78 Å². The van der Waals surface area contributed by atoms with E-state index >= 15 is 0 Å². The predicted molar refractivity (Wildman–Crippen MR) is 46.4 cm³/mol. The Morgan fingerprint density at radius 3 is 2.36 bits per heavy atom. The first-order valence-electron chi connectivity index (χ1n) is 4.15. The van der Waals surface area contributed by atoms with E-state index in [1.165, 1.54) is 5.57 Å². The SMILES string of the molecule is C/C=C/C=C1CCC(=O)CC1. The summed E-state index contributed by atoms with van der Waals surface area (Å²) in [6.07, 6.45) is 9.65. The molecule has 1 rings (SSSR count). The van der Waals surface area contributed by atoms with Gasteiger partial charge in [-0.3, -0.25) is 4.79 Å². The van der Waals surface area contributed by atoms with Gasteiger partial charge in [0.15, 0.2) is 0 Å². The Morgan fingerprint density at radius 1 is 1.18 bits per heavy atom. The fourth-order valence-corrected chi connectivity index (χ4v) is 1.25. The zero-order chi connectivity index (χ0) is 8.10. The summed E-state index contributed by atoms with van der Waals surface area (Å²) < 4.78 is 0. The number of carbonyl (C=O) groups excluding carboxylic acids is 1. The first kappa shape index (κ1) is 8.25. The Balaban J connectivity index is 2.44. The van der Waals surface area contributed by atoms with Gasteiger partial charge in [-0.15, -0.1) is 0 Å². The quantitative estimate of drug-likeness (QED) is 0.561. The molecule has 0 aromatic rings. The number of hydrogen-bond acceptors (Lipinski definition) is 1. The first-order valence-corrected chi connectivity index (χ1v) is 4.15. The molecular weight excluding hydrogens is 136 g/mol. The fourth-order valence-electron chi connectivity index (χ4n) is 1.25. The van der Waals surface area contributed by atoms with Crippen LogP contribution in [-0.4, -0.2) is 5.78 Å². The summed E-state index contributed by atoms with van der Waals surface area (Å²) in [5, 5.41) is 0. The van der Waals surface area contributed by atoms with E-state index in [4.69, 9.17) is 0 Å². The first-order chi connectivity index (χ1) is 5.33. The highest BCUT2D eigenvalue weighted by Gasteiger charge is 2.10. The molecule has 0 radical (unpaired) electrons. The van der Waals surface area contributed by atoms with Crippen molar-refractivity contribution >= 4 is 5.78 Å². The van der Waals surface area contributed by atoms with Crippen LogP contribution < -0.4 is 0 Å². The van der Waals surface area contributed by atoms with Crippen molar-refractivity contribution in [2.45, 2.75) is 32.6 Å². The van der Waals surface area contributed by atoms with Crippen molar-refractivity contribution in [1.82, 2.24) is 0 Å². The fraction of sp³-hybridized carbons (Fsp3) is 0.500. The lowest BCUT2D eigenvalue weighted by molar-refractivity contribution is -0.119. The topological polar surface area (TPSA) is 17.1 Å². The van der Waals surface area contributed by atoms with Crippen LogP contribution >= 0.6 is 0 Å². The second-order valence-corrected chi connectivity index (χ2v) is 2.89. The lowest BCUT2D eigenvalue weighted by Gasteiger charge is -2.11. The molecule has 0 amide bonds. The largest absolute Gasteiger partial charge is 0.300 e. The van der Waals surface area contributed by atoms with Crippen LogP contribution in [-0.2, 0) is 4.79 Å². The van der Waals surface area contributed by atoms with Gasteiger partial charge in [0.05, 0.1) is 0 Å². The molecular formula is C10H14O. The van der Waals surface area contributed by atoms with E-state index < -0.39 is 0 Å². The van der Waals surface area contributed by atoms with Gasteiger partial charge in [-0.2, -0.15) is 0 Å². The average molecular weight is 150 g/mol.